The second kappa shape index (κ2) is 7.88. The number of anilines is 1. The van der Waals surface area contributed by atoms with Crippen LogP contribution in [0.5, 0.6) is 17.2 Å². The van der Waals surface area contributed by atoms with Crippen LogP contribution < -0.4 is 14.8 Å². The van der Waals surface area contributed by atoms with Crippen molar-refractivity contribution in [3.63, 3.8) is 0 Å². The molecule has 128 valence electrons. The number of amides is 1. The quantitative estimate of drug-likeness (QED) is 0.645. The summed E-state index contributed by atoms with van der Waals surface area (Å²) in [7, 11) is 2.80. The lowest BCUT2D eigenvalue weighted by Gasteiger charge is -2.10. The number of nitrogens with one attached hydrogen (secondary N) is 1. The van der Waals surface area contributed by atoms with Crippen molar-refractivity contribution in [2.24, 2.45) is 0 Å². The van der Waals surface area contributed by atoms with E-state index in [4.69, 9.17) is 9.47 Å². The number of carbonyl (C=O) groups excluding carboxylic acids is 1. The number of rotatable bonds is 5. The Balaban J connectivity index is 2.32. The number of methoxy groups -OCH3 is 2. The second-order valence-corrected chi connectivity index (χ2v) is 5.26. The Morgan fingerprint density at radius 1 is 1.16 bits per heavy atom. The van der Waals surface area contributed by atoms with Crippen LogP contribution in [0.15, 0.2) is 42.0 Å². The SMILES string of the molecule is COc1cc(C=C(C#N)C(=O)Nc2ccc(C)cc2)cc(OC)c1O. The molecule has 0 spiro atoms. The normalized spacial score (nSPS) is 10.7. The number of phenols is 1. The molecule has 0 aromatic heterocycles. The first kappa shape index (κ1) is 17.9. The van der Waals surface area contributed by atoms with Gasteiger partial charge < -0.3 is 19.9 Å². The summed E-state index contributed by atoms with van der Waals surface area (Å²) in [6.07, 6.45) is 1.40. The number of aromatic hydroxyl groups is 1. The minimum absolute atomic E-state index is 0.0876. The molecule has 2 aromatic rings. The second-order valence-electron chi connectivity index (χ2n) is 5.26. The molecule has 0 aliphatic rings. The molecule has 0 radical (unpaired) electrons. The van der Waals surface area contributed by atoms with Crippen LogP contribution in [0.3, 0.4) is 0 Å². The Labute approximate surface area is 145 Å². The van der Waals surface area contributed by atoms with Crippen molar-refractivity contribution >= 4 is 17.7 Å². The van der Waals surface area contributed by atoms with E-state index in [-0.39, 0.29) is 22.8 Å². The molecule has 0 unspecified atom stereocenters. The Bertz CT molecular complexity index is 824. The topological polar surface area (TPSA) is 91.6 Å². The highest BCUT2D eigenvalue weighted by atomic mass is 16.5. The van der Waals surface area contributed by atoms with Gasteiger partial charge in [0.25, 0.3) is 5.91 Å². The van der Waals surface area contributed by atoms with Crippen molar-refractivity contribution in [3.05, 3.63) is 53.1 Å². The highest BCUT2D eigenvalue weighted by Crippen LogP contribution is 2.37. The number of nitrogens with zero attached hydrogens (tertiary/aromatic N) is 1. The maximum Gasteiger partial charge on any atom is 0.266 e. The van der Waals surface area contributed by atoms with Crippen molar-refractivity contribution in [2.75, 3.05) is 19.5 Å². The van der Waals surface area contributed by atoms with Crippen LogP contribution in [0, 0.1) is 18.3 Å². The van der Waals surface area contributed by atoms with Crippen LogP contribution in [-0.2, 0) is 4.79 Å². The van der Waals surface area contributed by atoms with E-state index in [2.05, 4.69) is 5.32 Å². The fourth-order valence-electron chi connectivity index (χ4n) is 2.15. The van der Waals surface area contributed by atoms with Crippen LogP contribution in [0.4, 0.5) is 5.69 Å². The van der Waals surface area contributed by atoms with Gasteiger partial charge in [0.1, 0.15) is 11.6 Å². The minimum atomic E-state index is -0.530. The molecule has 25 heavy (non-hydrogen) atoms. The number of hydrogen-bond acceptors (Lipinski definition) is 5. The highest BCUT2D eigenvalue weighted by molar-refractivity contribution is 6.09. The fourth-order valence-corrected chi connectivity index (χ4v) is 2.15. The number of hydrogen-bond donors (Lipinski definition) is 2. The molecule has 6 heteroatoms. The van der Waals surface area contributed by atoms with E-state index in [1.807, 2.05) is 25.1 Å². The Morgan fingerprint density at radius 2 is 1.72 bits per heavy atom. The monoisotopic (exact) mass is 338 g/mol. The zero-order chi connectivity index (χ0) is 18.4. The van der Waals surface area contributed by atoms with Crippen LogP contribution in [-0.4, -0.2) is 25.2 Å². The number of nitriles is 1. The Kier molecular flexibility index (Phi) is 5.64. The molecule has 0 aliphatic heterocycles. The van der Waals surface area contributed by atoms with Gasteiger partial charge in [-0.1, -0.05) is 17.7 Å². The predicted molar refractivity (Wildman–Crippen MR) is 94.6 cm³/mol. The molecule has 6 nitrogen and oxygen atoms in total. The number of benzene rings is 2. The largest absolute Gasteiger partial charge is 0.502 e. The van der Waals surface area contributed by atoms with Crippen molar-refractivity contribution in [2.45, 2.75) is 6.92 Å². The van der Waals surface area contributed by atoms with Gasteiger partial charge in [-0.2, -0.15) is 5.26 Å². The maximum atomic E-state index is 12.3. The summed E-state index contributed by atoms with van der Waals surface area (Å²) in [5, 5.41) is 21.9. The summed E-state index contributed by atoms with van der Waals surface area (Å²) in [5.74, 6) is -0.314. The van der Waals surface area contributed by atoms with E-state index in [9.17, 15) is 15.2 Å². The molecular formula is C19H18N2O4. The lowest BCUT2D eigenvalue weighted by Crippen LogP contribution is -2.13. The molecule has 0 bridgehead atoms. The zero-order valence-electron chi connectivity index (χ0n) is 14.2. The summed E-state index contributed by atoms with van der Waals surface area (Å²) in [6, 6.07) is 12.1. The first-order chi connectivity index (χ1) is 12.0. The summed E-state index contributed by atoms with van der Waals surface area (Å²) >= 11 is 0. The summed E-state index contributed by atoms with van der Waals surface area (Å²) < 4.78 is 10.1. The van der Waals surface area contributed by atoms with Gasteiger partial charge in [-0.25, -0.2) is 0 Å². The average Bonchev–Trinajstić information content (AvgIpc) is 2.62. The van der Waals surface area contributed by atoms with Gasteiger partial charge in [-0.15, -0.1) is 0 Å². The maximum absolute atomic E-state index is 12.3. The minimum Gasteiger partial charge on any atom is -0.502 e. The number of phenolic OH excluding ortho intramolecular Hbond substituents is 1. The molecule has 0 fully saturated rings. The van der Waals surface area contributed by atoms with Gasteiger partial charge in [0, 0.05) is 5.69 Å². The third kappa shape index (κ3) is 4.30. The third-order valence-corrected chi connectivity index (χ3v) is 3.49. The van der Waals surface area contributed by atoms with Crippen molar-refractivity contribution in [1.29, 1.82) is 5.26 Å². The van der Waals surface area contributed by atoms with Crippen molar-refractivity contribution in [3.8, 4) is 23.3 Å². The lowest BCUT2D eigenvalue weighted by atomic mass is 10.1. The summed E-state index contributed by atoms with van der Waals surface area (Å²) in [4.78, 5) is 12.3. The van der Waals surface area contributed by atoms with Crippen LogP contribution in [0.2, 0.25) is 0 Å². The molecule has 2 N–H and O–H groups in total. The number of carbonyl (C=O) groups is 1. The Hall–Kier alpha value is -3.46. The first-order valence-corrected chi connectivity index (χ1v) is 7.43. The molecule has 0 aliphatic carbocycles. The van der Waals surface area contributed by atoms with E-state index in [1.54, 1.807) is 12.1 Å². The molecule has 1 amide bonds. The van der Waals surface area contributed by atoms with Gasteiger partial charge in [0.05, 0.1) is 14.2 Å². The standard InChI is InChI=1S/C19H18N2O4/c1-12-4-6-15(7-5-12)21-19(23)14(11-20)8-13-9-16(24-2)18(22)17(10-13)25-3/h4-10,22H,1-3H3,(H,21,23). The lowest BCUT2D eigenvalue weighted by molar-refractivity contribution is -0.112. The van der Waals surface area contributed by atoms with E-state index in [1.165, 1.54) is 32.4 Å². The predicted octanol–water partition coefficient (Wildman–Crippen LogP) is 3.26. The third-order valence-electron chi connectivity index (χ3n) is 3.49. The van der Waals surface area contributed by atoms with Crippen molar-refractivity contribution in [1.82, 2.24) is 0 Å². The molecule has 0 saturated carbocycles. The molecule has 2 rings (SSSR count). The molecule has 0 saturated heterocycles. The molecule has 0 heterocycles. The molecule has 2 aromatic carbocycles. The average molecular weight is 338 g/mol. The first-order valence-electron chi connectivity index (χ1n) is 7.43. The Morgan fingerprint density at radius 3 is 2.20 bits per heavy atom. The van der Waals surface area contributed by atoms with Gasteiger partial charge in [0.15, 0.2) is 11.5 Å². The summed E-state index contributed by atoms with van der Waals surface area (Å²) in [6.45, 7) is 1.94. The van der Waals surface area contributed by atoms with Crippen molar-refractivity contribution < 1.29 is 19.4 Å². The zero-order valence-corrected chi connectivity index (χ0v) is 14.2. The molecular weight excluding hydrogens is 320 g/mol. The fraction of sp³-hybridized carbons (Fsp3) is 0.158. The van der Waals surface area contributed by atoms with Crippen LogP contribution in [0.25, 0.3) is 6.08 Å². The van der Waals surface area contributed by atoms with E-state index in [0.717, 1.165) is 5.56 Å². The van der Waals surface area contributed by atoms with Gasteiger partial charge in [-0.05, 0) is 42.8 Å². The summed E-state index contributed by atoms with van der Waals surface area (Å²) in [5.41, 5.74) is 2.06. The molecule has 0 atom stereocenters. The van der Waals surface area contributed by atoms with Gasteiger partial charge in [-0.3, -0.25) is 4.79 Å². The van der Waals surface area contributed by atoms with E-state index >= 15 is 0 Å². The highest BCUT2D eigenvalue weighted by Gasteiger charge is 2.13. The van der Waals surface area contributed by atoms with E-state index < -0.39 is 5.91 Å². The van der Waals surface area contributed by atoms with Crippen LogP contribution >= 0.6 is 0 Å². The van der Waals surface area contributed by atoms with Crippen LogP contribution in [0.1, 0.15) is 11.1 Å². The number of aryl methyl sites for hydroxylation is 1. The van der Waals surface area contributed by atoms with Gasteiger partial charge >= 0.3 is 0 Å². The van der Waals surface area contributed by atoms with Gasteiger partial charge in [0.2, 0.25) is 5.75 Å². The smallest absolute Gasteiger partial charge is 0.266 e. The van der Waals surface area contributed by atoms with E-state index in [0.29, 0.717) is 11.3 Å². The number of ether oxygens (including phenoxy) is 2.